The molecule has 1 aromatic carbocycles. The molecule has 8 heteroatoms. The molecular weight excluding hydrogens is 286 g/mol. The van der Waals surface area contributed by atoms with Crippen LogP contribution >= 0.6 is 12.2 Å². The Hall–Kier alpha value is -2.35. The van der Waals surface area contributed by atoms with E-state index in [0.29, 0.717) is 11.6 Å². The Kier molecular flexibility index (Phi) is 3.75. The van der Waals surface area contributed by atoms with E-state index in [2.05, 4.69) is 10.4 Å². The van der Waals surface area contributed by atoms with Crippen LogP contribution in [0.5, 0.6) is 0 Å². The predicted octanol–water partition coefficient (Wildman–Crippen LogP) is 1.58. The van der Waals surface area contributed by atoms with Gasteiger partial charge in [0.15, 0.2) is 0 Å². The van der Waals surface area contributed by atoms with Crippen LogP contribution in [0.3, 0.4) is 0 Å². The SMILES string of the molecule is Cn1ncc(C(N)=S)c1NC(=O)c1ccc(F)cc1F. The van der Waals surface area contributed by atoms with E-state index in [1.807, 2.05) is 0 Å². The average molecular weight is 296 g/mol. The third-order valence-electron chi connectivity index (χ3n) is 2.61. The second-order valence-electron chi connectivity index (χ2n) is 3.97. The molecule has 20 heavy (non-hydrogen) atoms. The van der Waals surface area contributed by atoms with Crippen LogP contribution in [0.2, 0.25) is 0 Å². The first-order valence-corrected chi connectivity index (χ1v) is 5.89. The number of aromatic nitrogens is 2. The first-order chi connectivity index (χ1) is 9.40. The van der Waals surface area contributed by atoms with Crippen LogP contribution < -0.4 is 11.1 Å². The molecule has 0 unspecified atom stereocenters. The topological polar surface area (TPSA) is 72.9 Å². The zero-order valence-corrected chi connectivity index (χ0v) is 11.2. The predicted molar refractivity (Wildman–Crippen MR) is 73.4 cm³/mol. The maximum atomic E-state index is 13.5. The van der Waals surface area contributed by atoms with E-state index in [9.17, 15) is 13.6 Å². The molecule has 0 saturated carbocycles. The molecule has 1 heterocycles. The van der Waals surface area contributed by atoms with Gasteiger partial charge >= 0.3 is 0 Å². The van der Waals surface area contributed by atoms with Gasteiger partial charge in [0.2, 0.25) is 0 Å². The number of carbonyl (C=O) groups is 1. The summed E-state index contributed by atoms with van der Waals surface area (Å²) in [6.07, 6.45) is 1.39. The molecule has 104 valence electrons. The molecule has 0 saturated heterocycles. The molecule has 0 bridgehead atoms. The number of aryl methyl sites for hydroxylation is 1. The van der Waals surface area contributed by atoms with Crippen LogP contribution in [-0.2, 0) is 7.05 Å². The standard InChI is InChI=1S/C12H10F2N4OS/c1-18-11(8(5-16-18)10(15)20)17-12(19)7-3-2-6(13)4-9(7)14/h2-5H,1H3,(H2,15,20)(H,17,19). The fourth-order valence-electron chi connectivity index (χ4n) is 1.61. The van der Waals surface area contributed by atoms with Crippen molar-refractivity contribution < 1.29 is 13.6 Å². The first-order valence-electron chi connectivity index (χ1n) is 5.48. The number of nitrogens with zero attached hydrogens (tertiary/aromatic N) is 2. The summed E-state index contributed by atoms with van der Waals surface area (Å²) in [5, 5.41) is 6.35. The largest absolute Gasteiger partial charge is 0.389 e. The Morgan fingerprint density at radius 2 is 2.10 bits per heavy atom. The Bertz CT molecular complexity index is 699. The van der Waals surface area contributed by atoms with Gasteiger partial charge in [-0.25, -0.2) is 8.78 Å². The molecule has 2 aromatic rings. The molecule has 0 aliphatic carbocycles. The summed E-state index contributed by atoms with van der Waals surface area (Å²) in [4.78, 5) is 12.0. The number of halogens is 2. The summed E-state index contributed by atoms with van der Waals surface area (Å²) in [5.74, 6) is -2.22. The third-order valence-corrected chi connectivity index (χ3v) is 2.83. The lowest BCUT2D eigenvalue weighted by Crippen LogP contribution is -2.19. The highest BCUT2D eigenvalue weighted by Gasteiger charge is 2.17. The van der Waals surface area contributed by atoms with Gasteiger partial charge in [-0.1, -0.05) is 12.2 Å². The minimum Gasteiger partial charge on any atom is -0.389 e. The molecular formula is C12H10F2N4OS. The Morgan fingerprint density at radius 3 is 2.70 bits per heavy atom. The highest BCUT2D eigenvalue weighted by atomic mass is 32.1. The fraction of sp³-hybridized carbons (Fsp3) is 0.0833. The third kappa shape index (κ3) is 2.64. The Balaban J connectivity index is 2.33. The maximum absolute atomic E-state index is 13.5. The fourth-order valence-corrected chi connectivity index (χ4v) is 1.76. The summed E-state index contributed by atoms with van der Waals surface area (Å²) in [6.45, 7) is 0. The van der Waals surface area contributed by atoms with Crippen molar-refractivity contribution >= 4 is 28.9 Å². The molecule has 2 rings (SSSR count). The van der Waals surface area contributed by atoms with Crippen molar-refractivity contribution in [3.8, 4) is 0 Å². The van der Waals surface area contributed by atoms with Crippen LogP contribution in [-0.4, -0.2) is 20.7 Å². The number of benzene rings is 1. The molecule has 0 spiro atoms. The number of carbonyl (C=O) groups excluding carboxylic acids is 1. The van der Waals surface area contributed by atoms with Crippen molar-refractivity contribution in [2.45, 2.75) is 0 Å². The Labute approximate surface area is 118 Å². The summed E-state index contributed by atoms with van der Waals surface area (Å²) in [5.41, 5.74) is 5.56. The number of hydrogen-bond acceptors (Lipinski definition) is 3. The van der Waals surface area contributed by atoms with Crippen molar-refractivity contribution in [2.24, 2.45) is 12.8 Å². The molecule has 0 atom stereocenters. The molecule has 0 fully saturated rings. The lowest BCUT2D eigenvalue weighted by molar-refractivity contribution is 0.102. The van der Waals surface area contributed by atoms with Crippen molar-refractivity contribution in [1.82, 2.24) is 9.78 Å². The molecule has 1 aromatic heterocycles. The lowest BCUT2D eigenvalue weighted by Gasteiger charge is -2.08. The van der Waals surface area contributed by atoms with E-state index in [0.717, 1.165) is 12.1 Å². The molecule has 0 aliphatic rings. The van der Waals surface area contributed by atoms with Crippen LogP contribution in [0.15, 0.2) is 24.4 Å². The smallest absolute Gasteiger partial charge is 0.259 e. The van der Waals surface area contributed by atoms with Crippen molar-refractivity contribution in [3.05, 3.63) is 47.2 Å². The highest BCUT2D eigenvalue weighted by molar-refractivity contribution is 7.80. The highest BCUT2D eigenvalue weighted by Crippen LogP contribution is 2.17. The van der Waals surface area contributed by atoms with Crippen molar-refractivity contribution in [2.75, 3.05) is 5.32 Å². The number of thiocarbonyl (C=S) groups is 1. The number of hydrogen-bond donors (Lipinski definition) is 2. The van der Waals surface area contributed by atoms with Gasteiger partial charge in [0.05, 0.1) is 17.3 Å². The summed E-state index contributed by atoms with van der Waals surface area (Å²) in [6, 6.07) is 2.68. The van der Waals surface area contributed by atoms with E-state index in [1.54, 1.807) is 7.05 Å². The van der Waals surface area contributed by atoms with Gasteiger partial charge in [-0.05, 0) is 12.1 Å². The van der Waals surface area contributed by atoms with Gasteiger partial charge in [0.25, 0.3) is 5.91 Å². The Morgan fingerprint density at radius 1 is 1.40 bits per heavy atom. The zero-order valence-electron chi connectivity index (χ0n) is 10.4. The summed E-state index contributed by atoms with van der Waals surface area (Å²) in [7, 11) is 1.57. The van der Waals surface area contributed by atoms with E-state index >= 15 is 0 Å². The number of nitrogens with two attached hydrogens (primary N) is 1. The second kappa shape index (κ2) is 5.33. The van der Waals surface area contributed by atoms with E-state index in [4.69, 9.17) is 18.0 Å². The number of rotatable bonds is 3. The molecule has 3 N–H and O–H groups in total. The monoisotopic (exact) mass is 296 g/mol. The van der Waals surface area contributed by atoms with Crippen LogP contribution in [0.1, 0.15) is 15.9 Å². The van der Waals surface area contributed by atoms with Crippen molar-refractivity contribution in [1.29, 1.82) is 0 Å². The summed E-state index contributed by atoms with van der Waals surface area (Å²) >= 11 is 4.82. The molecule has 5 nitrogen and oxygen atoms in total. The van der Waals surface area contributed by atoms with E-state index < -0.39 is 17.5 Å². The minimum atomic E-state index is -0.957. The van der Waals surface area contributed by atoms with Gasteiger partial charge in [-0.15, -0.1) is 0 Å². The quantitative estimate of drug-likeness (QED) is 0.844. The van der Waals surface area contributed by atoms with E-state index in [-0.39, 0.29) is 16.4 Å². The second-order valence-corrected chi connectivity index (χ2v) is 4.41. The van der Waals surface area contributed by atoms with Crippen molar-refractivity contribution in [3.63, 3.8) is 0 Å². The average Bonchev–Trinajstić information content (AvgIpc) is 2.71. The number of amides is 1. The lowest BCUT2D eigenvalue weighted by atomic mass is 10.2. The van der Waals surface area contributed by atoms with Gasteiger partial charge < -0.3 is 11.1 Å². The van der Waals surface area contributed by atoms with Gasteiger partial charge in [-0.3, -0.25) is 9.48 Å². The van der Waals surface area contributed by atoms with Gasteiger partial charge in [0, 0.05) is 13.1 Å². The van der Waals surface area contributed by atoms with Crippen LogP contribution in [0.25, 0.3) is 0 Å². The van der Waals surface area contributed by atoms with Crippen LogP contribution in [0.4, 0.5) is 14.6 Å². The number of nitrogens with one attached hydrogen (secondary N) is 1. The molecule has 0 aliphatic heterocycles. The minimum absolute atomic E-state index is 0.0491. The van der Waals surface area contributed by atoms with E-state index in [1.165, 1.54) is 10.9 Å². The van der Waals surface area contributed by atoms with Gasteiger partial charge in [0.1, 0.15) is 22.4 Å². The normalized spacial score (nSPS) is 10.3. The summed E-state index contributed by atoms with van der Waals surface area (Å²) < 4.78 is 27.7. The molecule has 1 amide bonds. The van der Waals surface area contributed by atoms with Gasteiger partial charge in [-0.2, -0.15) is 5.10 Å². The number of anilines is 1. The maximum Gasteiger partial charge on any atom is 0.259 e. The zero-order chi connectivity index (χ0) is 14.9. The van der Waals surface area contributed by atoms with Crippen LogP contribution in [0, 0.1) is 11.6 Å². The first kappa shape index (κ1) is 14.1. The molecule has 0 radical (unpaired) electrons.